The molecule has 2 unspecified atom stereocenters. The van der Waals surface area contributed by atoms with Gasteiger partial charge in [0.05, 0.1) is 39.1 Å². The molecule has 1 aliphatic heterocycles. The summed E-state index contributed by atoms with van der Waals surface area (Å²) in [5, 5.41) is 0. The predicted octanol–water partition coefficient (Wildman–Crippen LogP) is 15.2. The Balaban J connectivity index is -0.000000458. The molecule has 1 rings (SSSR count). The molecule has 0 radical (unpaired) electrons. The van der Waals surface area contributed by atoms with Crippen LogP contribution in [0.5, 0.6) is 0 Å². The number of rotatable bonds is 41. The number of hydrogen-bond donors (Lipinski definition) is 0. The van der Waals surface area contributed by atoms with Crippen molar-refractivity contribution >= 4 is 41.7 Å². The van der Waals surface area contributed by atoms with Crippen molar-refractivity contribution in [2.75, 3.05) is 39.6 Å². The first kappa shape index (κ1) is 80.4. The summed E-state index contributed by atoms with van der Waals surface area (Å²) >= 11 is 0. The molecule has 0 aromatic carbocycles. The Morgan fingerprint density at radius 2 is 0.787 bits per heavy atom. The van der Waals surface area contributed by atoms with Crippen molar-refractivity contribution in [1.82, 2.24) is 4.90 Å². The number of nitrogens with zero attached hydrogens (tertiary/aromatic N) is 1. The maximum Gasteiger partial charge on any atom is 0.410 e. The first-order chi connectivity index (χ1) is 35.7. The summed E-state index contributed by atoms with van der Waals surface area (Å²) in [7, 11) is 0. The zero-order chi connectivity index (χ0) is 56.5. The molecule has 0 N–H and O–H groups in total. The monoisotopic (exact) mass is 1240 g/mol. The van der Waals surface area contributed by atoms with E-state index in [-0.39, 0.29) is 90.1 Å². The summed E-state index contributed by atoms with van der Waals surface area (Å²) in [6.07, 6.45) is 30.2. The van der Waals surface area contributed by atoms with Crippen molar-refractivity contribution in [1.29, 1.82) is 0 Å². The zero-order valence-corrected chi connectivity index (χ0v) is 52.3. The zero-order valence-electron chi connectivity index (χ0n) is 49.4. The third-order valence-corrected chi connectivity index (χ3v) is 11.9. The number of likely N-dealkylation sites (tertiary alicyclic amines) is 1. The maximum absolute atomic E-state index is 13.1. The number of ether oxygens (including phenoxy) is 6. The number of esters is 5. The molecular weight excluding hydrogens is 1130 g/mol. The van der Waals surface area contributed by atoms with Crippen molar-refractivity contribution in [3.8, 4) is 0 Å². The molecule has 444 valence electrons. The van der Waals surface area contributed by atoms with E-state index in [2.05, 4.69) is 48.5 Å². The van der Waals surface area contributed by atoms with Crippen molar-refractivity contribution in [2.45, 2.75) is 280 Å². The van der Waals surface area contributed by atoms with Gasteiger partial charge in [-0.1, -0.05) is 191 Å². The first-order valence-corrected chi connectivity index (χ1v) is 29.5. The van der Waals surface area contributed by atoms with Gasteiger partial charge in [0.15, 0.2) is 17.9 Å². The van der Waals surface area contributed by atoms with E-state index in [1.165, 1.54) is 89.9 Å². The van der Waals surface area contributed by atoms with E-state index in [0.717, 1.165) is 64.2 Å². The predicted molar refractivity (Wildman–Crippen MR) is 299 cm³/mol. The quantitative estimate of drug-likeness (QED) is 0.0245. The van der Waals surface area contributed by atoms with E-state index in [4.69, 9.17) is 28.4 Å². The average molecular weight is 1240 g/mol. The van der Waals surface area contributed by atoms with Gasteiger partial charge in [0.1, 0.15) is 12.4 Å². The number of ketones is 1. The number of hydrogen-bond acceptors (Lipinski definition) is 13. The normalized spacial score (nSPS) is 13.1. The molecule has 1 fully saturated rings. The standard InChI is InChI=1S/C36H62NO9.2C10H19O2.2C2H6.W/c1-5-8-10-12-14-16-18-34(40)45-26-30(27-46-35(41)19-17-15-13-11-9-6-2)25-33(39)23-22-31-20-21-32(28-44-29(4)38)37(31)36(42)43-24-7-3;2*1-3-4-5-6-7-8-9-12-10(2)11;2*1-2;/h30-32H,4-28H2,1-3H3;2*2-9H2,1H3;2*1-2H3;/q3*-1;;;. The molecule has 1 amide bonds. The van der Waals surface area contributed by atoms with Gasteiger partial charge in [-0.3, -0.25) is 54.4 Å². The molecule has 0 aliphatic carbocycles. The Hall–Kier alpha value is -3.41. The van der Waals surface area contributed by atoms with E-state index < -0.39 is 29.9 Å². The minimum atomic E-state index is -0.660. The summed E-state index contributed by atoms with van der Waals surface area (Å²) in [6, 6.07) is -0.564. The third-order valence-electron chi connectivity index (χ3n) is 11.9. The fourth-order valence-corrected chi connectivity index (χ4v) is 7.88. The number of carbonyl (C=O) groups is 7. The van der Waals surface area contributed by atoms with Crippen LogP contribution < -0.4 is 0 Å². The molecule has 1 aliphatic rings. The SMILES string of the molecule is CC.CC.[CH2-]C(=O)OCC1CCC(CCC(=O)CC(COC(=O)CCCCCCCC)COC(=O)CCCCCCCC)N1C(=O)OCCC.[CH2-]C(=O)OCCCCCCCC.[CH2-]C(=O)OCCCCCCCC.[W]. The molecule has 0 aromatic heterocycles. The molecule has 14 nitrogen and oxygen atoms in total. The molecule has 75 heavy (non-hydrogen) atoms. The molecule has 1 heterocycles. The van der Waals surface area contributed by atoms with Crippen molar-refractivity contribution in [3.05, 3.63) is 20.8 Å². The fraction of sp³-hybridized carbons (Fsp3) is 0.833. The summed E-state index contributed by atoms with van der Waals surface area (Å²) in [5.74, 6) is -2.58. The van der Waals surface area contributed by atoms with Gasteiger partial charge in [0.2, 0.25) is 0 Å². The van der Waals surface area contributed by atoms with Crippen molar-refractivity contribution in [3.63, 3.8) is 0 Å². The second-order valence-electron chi connectivity index (χ2n) is 18.6. The fourth-order valence-electron chi connectivity index (χ4n) is 7.88. The van der Waals surface area contributed by atoms with Crippen molar-refractivity contribution < 1.29 is 83.0 Å². The van der Waals surface area contributed by atoms with E-state index in [1.807, 2.05) is 34.6 Å². The van der Waals surface area contributed by atoms with Crippen LogP contribution in [0.2, 0.25) is 0 Å². The van der Waals surface area contributed by atoms with Gasteiger partial charge in [-0.2, -0.15) is 0 Å². The van der Waals surface area contributed by atoms with Crippen molar-refractivity contribution in [2.24, 2.45) is 5.92 Å². The summed E-state index contributed by atoms with van der Waals surface area (Å²) in [5.41, 5.74) is 0. The Morgan fingerprint density at radius 3 is 1.16 bits per heavy atom. The van der Waals surface area contributed by atoms with E-state index in [1.54, 1.807) is 4.90 Å². The maximum atomic E-state index is 13.1. The van der Waals surface area contributed by atoms with Crippen LogP contribution in [-0.4, -0.2) is 98.3 Å². The van der Waals surface area contributed by atoms with Crippen LogP contribution in [0.3, 0.4) is 0 Å². The van der Waals surface area contributed by atoms with Crippen LogP contribution >= 0.6 is 0 Å². The average Bonchev–Trinajstić information content (AvgIpc) is 3.80. The van der Waals surface area contributed by atoms with Gasteiger partial charge in [-0.25, -0.2) is 4.79 Å². The number of Topliss-reactive ketones (excluding diaryl/α,β-unsaturated/α-hetero) is 1. The number of carbonyl (C=O) groups excluding carboxylic acids is 7. The minimum Gasteiger partial charge on any atom is -0.488 e. The Morgan fingerprint density at radius 1 is 0.427 bits per heavy atom. The minimum absolute atomic E-state index is 0. The third kappa shape index (κ3) is 58.1. The molecule has 0 spiro atoms. The largest absolute Gasteiger partial charge is 0.488 e. The second kappa shape index (κ2) is 63.1. The van der Waals surface area contributed by atoms with Gasteiger partial charge >= 0.3 is 18.0 Å². The van der Waals surface area contributed by atoms with Crippen LogP contribution in [0.4, 0.5) is 4.79 Å². The van der Waals surface area contributed by atoms with E-state index in [9.17, 15) is 33.6 Å². The summed E-state index contributed by atoms with van der Waals surface area (Å²) in [4.78, 5) is 84.2. The summed E-state index contributed by atoms with van der Waals surface area (Å²) < 4.78 is 30.9. The molecule has 1 saturated heterocycles. The molecular formula is C60H112NO13W-3. The van der Waals surface area contributed by atoms with E-state index in [0.29, 0.717) is 51.7 Å². The van der Waals surface area contributed by atoms with Crippen LogP contribution in [-0.2, 0) is 78.3 Å². The van der Waals surface area contributed by atoms with Crippen LogP contribution in [0.15, 0.2) is 0 Å². The Bertz CT molecular complexity index is 1270. The molecule has 15 heteroatoms. The molecule has 2 atom stereocenters. The molecule has 0 bridgehead atoms. The van der Waals surface area contributed by atoms with Crippen LogP contribution in [0, 0.1) is 26.7 Å². The second-order valence-corrected chi connectivity index (χ2v) is 18.6. The molecule has 0 aromatic rings. The van der Waals surface area contributed by atoms with Crippen LogP contribution in [0.25, 0.3) is 0 Å². The van der Waals surface area contributed by atoms with Crippen LogP contribution in [0.1, 0.15) is 268 Å². The first-order valence-electron chi connectivity index (χ1n) is 29.5. The topological polar surface area (TPSA) is 178 Å². The van der Waals surface area contributed by atoms with Gasteiger partial charge < -0.3 is 28.4 Å². The Kier molecular flexibility index (Phi) is 67.7. The van der Waals surface area contributed by atoms with Gasteiger partial charge in [-0.05, 0) is 51.4 Å². The number of unbranched alkanes of at least 4 members (excludes halogenated alkanes) is 20. The van der Waals surface area contributed by atoms with Gasteiger partial charge in [0.25, 0.3) is 0 Å². The smallest absolute Gasteiger partial charge is 0.410 e. The number of amides is 1. The Labute approximate surface area is 473 Å². The summed E-state index contributed by atoms with van der Waals surface area (Å²) in [6.45, 7) is 29.5. The van der Waals surface area contributed by atoms with E-state index >= 15 is 0 Å². The van der Waals surface area contributed by atoms with Gasteiger partial charge in [-0.15, -0.1) is 0 Å². The van der Waals surface area contributed by atoms with Gasteiger partial charge in [0, 0.05) is 58.7 Å². The molecule has 0 saturated carbocycles.